The molecule has 1 aliphatic heterocycles. The highest BCUT2D eigenvalue weighted by Crippen LogP contribution is 2.36. The molecule has 2 fully saturated rings. The summed E-state index contributed by atoms with van der Waals surface area (Å²) in [7, 11) is 0. The molecule has 1 heterocycles. The molecule has 19 heavy (non-hydrogen) atoms. The molecule has 1 aliphatic carbocycles. The number of aliphatic hydroxyl groups is 1. The van der Waals surface area contributed by atoms with Crippen LogP contribution in [0, 0.1) is 11.8 Å². The van der Waals surface area contributed by atoms with Crippen LogP contribution in [0.5, 0.6) is 0 Å². The maximum absolute atomic E-state index is 9.69. The summed E-state index contributed by atoms with van der Waals surface area (Å²) < 4.78 is 0. The summed E-state index contributed by atoms with van der Waals surface area (Å²) in [6.45, 7) is 9.05. The van der Waals surface area contributed by atoms with Crippen LogP contribution in [0.4, 0.5) is 0 Å². The lowest BCUT2D eigenvalue weighted by Gasteiger charge is -2.44. The van der Waals surface area contributed by atoms with Gasteiger partial charge in [-0.1, -0.05) is 26.2 Å². The standard InChI is InChI=1S/C16H32N2O/c1-3-9-17-16(2,13-19)12-18-10-8-14-6-4-5-7-15(14)11-18/h14-15,17,19H,3-13H2,1-2H3. The number of hydrogen-bond acceptors (Lipinski definition) is 3. The molecule has 0 aromatic rings. The Morgan fingerprint density at radius 3 is 2.63 bits per heavy atom. The van der Waals surface area contributed by atoms with Gasteiger partial charge in [-0.2, -0.15) is 0 Å². The molecule has 1 saturated heterocycles. The van der Waals surface area contributed by atoms with E-state index in [1.165, 1.54) is 45.2 Å². The lowest BCUT2D eigenvalue weighted by atomic mass is 9.75. The van der Waals surface area contributed by atoms with E-state index in [1.807, 2.05) is 0 Å². The third-order valence-electron chi connectivity index (χ3n) is 5.10. The average Bonchev–Trinajstić information content (AvgIpc) is 2.45. The minimum absolute atomic E-state index is 0.127. The molecule has 3 nitrogen and oxygen atoms in total. The van der Waals surface area contributed by atoms with Crippen LogP contribution >= 0.6 is 0 Å². The second-order valence-electron chi connectivity index (χ2n) is 6.97. The SMILES string of the molecule is CCCNC(C)(CO)CN1CCC2CCCCC2C1. The maximum Gasteiger partial charge on any atom is 0.0623 e. The van der Waals surface area contributed by atoms with Crippen molar-refractivity contribution in [3.63, 3.8) is 0 Å². The highest BCUT2D eigenvalue weighted by molar-refractivity contribution is 4.90. The van der Waals surface area contributed by atoms with Crippen LogP contribution in [0.25, 0.3) is 0 Å². The monoisotopic (exact) mass is 268 g/mol. The molecule has 0 radical (unpaired) electrons. The summed E-state index contributed by atoms with van der Waals surface area (Å²) in [5.41, 5.74) is -0.127. The highest BCUT2D eigenvalue weighted by atomic mass is 16.3. The average molecular weight is 268 g/mol. The van der Waals surface area contributed by atoms with Gasteiger partial charge in [0, 0.05) is 13.1 Å². The summed E-state index contributed by atoms with van der Waals surface area (Å²) in [4.78, 5) is 2.59. The second kappa shape index (κ2) is 7.05. The Morgan fingerprint density at radius 1 is 1.21 bits per heavy atom. The van der Waals surface area contributed by atoms with Crippen LogP contribution in [0.2, 0.25) is 0 Å². The molecule has 0 amide bonds. The zero-order chi connectivity index (χ0) is 13.7. The van der Waals surface area contributed by atoms with Gasteiger partial charge >= 0.3 is 0 Å². The number of nitrogens with zero attached hydrogens (tertiary/aromatic N) is 1. The fraction of sp³-hybridized carbons (Fsp3) is 1.00. The predicted molar refractivity (Wildman–Crippen MR) is 80.3 cm³/mol. The van der Waals surface area contributed by atoms with Crippen molar-refractivity contribution < 1.29 is 5.11 Å². The van der Waals surface area contributed by atoms with Crippen molar-refractivity contribution in [2.24, 2.45) is 11.8 Å². The molecule has 0 bridgehead atoms. The molecular formula is C16H32N2O. The van der Waals surface area contributed by atoms with Crippen molar-refractivity contribution in [1.82, 2.24) is 10.2 Å². The fourth-order valence-electron chi connectivity index (χ4n) is 3.90. The van der Waals surface area contributed by atoms with Gasteiger partial charge in [-0.3, -0.25) is 0 Å². The van der Waals surface area contributed by atoms with E-state index >= 15 is 0 Å². The predicted octanol–water partition coefficient (Wildman–Crippen LogP) is 2.25. The Balaban J connectivity index is 1.84. The van der Waals surface area contributed by atoms with Crippen LogP contribution < -0.4 is 5.32 Å². The molecule has 2 rings (SSSR count). The number of nitrogens with one attached hydrogen (secondary N) is 1. The molecule has 3 unspecified atom stereocenters. The van der Waals surface area contributed by atoms with Gasteiger partial charge in [0.1, 0.15) is 0 Å². The Kier molecular flexibility index (Phi) is 5.67. The Bertz CT molecular complexity index is 271. The number of hydrogen-bond donors (Lipinski definition) is 2. The minimum atomic E-state index is -0.127. The summed E-state index contributed by atoms with van der Waals surface area (Å²) in [6, 6.07) is 0. The molecule has 2 aliphatic rings. The van der Waals surface area contributed by atoms with Crippen molar-refractivity contribution in [2.75, 3.05) is 32.8 Å². The molecule has 0 spiro atoms. The third kappa shape index (κ3) is 4.17. The van der Waals surface area contributed by atoms with Gasteiger partial charge in [0.2, 0.25) is 0 Å². The van der Waals surface area contributed by atoms with Crippen LogP contribution in [0.3, 0.4) is 0 Å². The van der Waals surface area contributed by atoms with Crippen LogP contribution in [-0.4, -0.2) is 48.3 Å². The summed E-state index contributed by atoms with van der Waals surface area (Å²) >= 11 is 0. The highest BCUT2D eigenvalue weighted by Gasteiger charge is 2.34. The van der Waals surface area contributed by atoms with Gasteiger partial charge in [-0.05, 0) is 51.1 Å². The van der Waals surface area contributed by atoms with Gasteiger partial charge in [-0.15, -0.1) is 0 Å². The van der Waals surface area contributed by atoms with Crippen molar-refractivity contribution in [1.29, 1.82) is 0 Å². The van der Waals surface area contributed by atoms with E-state index in [-0.39, 0.29) is 12.1 Å². The molecule has 112 valence electrons. The zero-order valence-electron chi connectivity index (χ0n) is 12.8. The Hall–Kier alpha value is -0.120. The summed E-state index contributed by atoms with van der Waals surface area (Å²) in [6.07, 6.45) is 8.28. The lowest BCUT2D eigenvalue weighted by Crippen LogP contribution is -2.56. The lowest BCUT2D eigenvalue weighted by molar-refractivity contribution is 0.0509. The molecule has 0 aromatic heterocycles. The molecule has 3 heteroatoms. The number of rotatable bonds is 6. The topological polar surface area (TPSA) is 35.5 Å². The number of fused-ring (bicyclic) bond motifs is 1. The van der Waals surface area contributed by atoms with Gasteiger partial charge in [-0.25, -0.2) is 0 Å². The van der Waals surface area contributed by atoms with Crippen molar-refractivity contribution in [3.8, 4) is 0 Å². The fourth-order valence-corrected chi connectivity index (χ4v) is 3.90. The summed E-state index contributed by atoms with van der Waals surface area (Å²) in [5.74, 6) is 1.92. The van der Waals surface area contributed by atoms with E-state index in [4.69, 9.17) is 0 Å². The van der Waals surface area contributed by atoms with Gasteiger partial charge in [0.05, 0.1) is 12.1 Å². The third-order valence-corrected chi connectivity index (χ3v) is 5.10. The van der Waals surface area contributed by atoms with Gasteiger partial charge < -0.3 is 15.3 Å². The molecule has 1 saturated carbocycles. The van der Waals surface area contributed by atoms with Gasteiger partial charge in [0.25, 0.3) is 0 Å². The van der Waals surface area contributed by atoms with E-state index in [2.05, 4.69) is 24.1 Å². The maximum atomic E-state index is 9.69. The van der Waals surface area contributed by atoms with E-state index in [0.717, 1.165) is 31.3 Å². The van der Waals surface area contributed by atoms with Crippen molar-refractivity contribution in [2.45, 2.75) is 57.9 Å². The molecule has 3 atom stereocenters. The molecule has 0 aromatic carbocycles. The summed E-state index contributed by atoms with van der Waals surface area (Å²) in [5, 5.41) is 13.2. The zero-order valence-corrected chi connectivity index (χ0v) is 12.8. The first-order valence-corrected chi connectivity index (χ1v) is 8.25. The number of piperidine rings is 1. The first-order valence-electron chi connectivity index (χ1n) is 8.25. The van der Waals surface area contributed by atoms with Crippen molar-refractivity contribution in [3.05, 3.63) is 0 Å². The quantitative estimate of drug-likeness (QED) is 0.775. The number of aliphatic hydroxyl groups excluding tert-OH is 1. The smallest absolute Gasteiger partial charge is 0.0623 e. The van der Waals surface area contributed by atoms with Crippen LogP contribution in [0.15, 0.2) is 0 Å². The van der Waals surface area contributed by atoms with E-state index in [0.29, 0.717) is 0 Å². The van der Waals surface area contributed by atoms with Crippen LogP contribution in [0.1, 0.15) is 52.4 Å². The largest absolute Gasteiger partial charge is 0.394 e. The van der Waals surface area contributed by atoms with E-state index < -0.39 is 0 Å². The first-order chi connectivity index (χ1) is 9.17. The first kappa shape index (κ1) is 15.3. The minimum Gasteiger partial charge on any atom is -0.394 e. The van der Waals surface area contributed by atoms with E-state index in [9.17, 15) is 5.11 Å². The number of likely N-dealkylation sites (tertiary alicyclic amines) is 1. The van der Waals surface area contributed by atoms with Crippen LogP contribution in [-0.2, 0) is 0 Å². The normalized spacial score (nSPS) is 31.7. The Morgan fingerprint density at radius 2 is 1.95 bits per heavy atom. The molecule has 2 N–H and O–H groups in total. The molecular weight excluding hydrogens is 236 g/mol. The Labute approximate surface area is 118 Å². The second-order valence-corrected chi connectivity index (χ2v) is 6.97. The van der Waals surface area contributed by atoms with Gasteiger partial charge in [0.15, 0.2) is 0 Å². The van der Waals surface area contributed by atoms with Crippen molar-refractivity contribution >= 4 is 0 Å². The van der Waals surface area contributed by atoms with E-state index in [1.54, 1.807) is 0 Å².